The van der Waals surface area contributed by atoms with Crippen LogP contribution in [-0.2, 0) is 10.4 Å². The number of anilines is 1. The number of carbonyl (C=O) groups is 2. The van der Waals surface area contributed by atoms with E-state index in [1.54, 1.807) is 57.2 Å². The van der Waals surface area contributed by atoms with E-state index in [0.717, 1.165) is 17.8 Å². The van der Waals surface area contributed by atoms with Gasteiger partial charge in [-0.1, -0.05) is 36.0 Å². The van der Waals surface area contributed by atoms with Crippen molar-refractivity contribution in [2.75, 3.05) is 18.4 Å². The summed E-state index contributed by atoms with van der Waals surface area (Å²) in [4.78, 5) is 30.8. The fourth-order valence-electron chi connectivity index (χ4n) is 3.54. The molecule has 3 rings (SSSR count). The highest BCUT2D eigenvalue weighted by Gasteiger charge is 2.26. The molecule has 1 unspecified atom stereocenters. The van der Waals surface area contributed by atoms with Gasteiger partial charge in [-0.15, -0.1) is 0 Å². The summed E-state index contributed by atoms with van der Waals surface area (Å²) in [6, 6.07) is 9.32. The Hall–Kier alpha value is -3.21. The zero-order valence-corrected chi connectivity index (χ0v) is 20.6. The van der Waals surface area contributed by atoms with Crippen LogP contribution in [0.5, 0.6) is 0 Å². The summed E-state index contributed by atoms with van der Waals surface area (Å²) >= 11 is 1.07. The number of aliphatic hydroxyl groups excluding tert-OH is 1. The predicted molar refractivity (Wildman–Crippen MR) is 135 cm³/mol. The number of β-amino-alcohol motifs (C(OH)–C–C–N with tert-alkyl or cyclic N) is 1. The predicted octanol–water partition coefficient (Wildman–Crippen LogP) is 3.19. The van der Waals surface area contributed by atoms with Crippen molar-refractivity contribution in [1.29, 1.82) is 0 Å². The minimum atomic E-state index is -1.19. The number of amides is 2. The van der Waals surface area contributed by atoms with Gasteiger partial charge in [-0.2, -0.15) is 0 Å². The first-order chi connectivity index (χ1) is 16.5. The van der Waals surface area contributed by atoms with E-state index in [2.05, 4.69) is 10.3 Å². The summed E-state index contributed by atoms with van der Waals surface area (Å²) in [5.74, 6) is -1.25. The van der Waals surface area contributed by atoms with Crippen LogP contribution in [0.15, 0.2) is 53.6 Å². The summed E-state index contributed by atoms with van der Waals surface area (Å²) in [5, 5.41) is 23.1. The van der Waals surface area contributed by atoms with Crippen LogP contribution in [0.2, 0.25) is 0 Å². The highest BCUT2D eigenvalue weighted by molar-refractivity contribution is 8.11. The molecular formula is C25H29FN4O4S. The van der Waals surface area contributed by atoms with Gasteiger partial charge in [0.1, 0.15) is 17.3 Å². The summed E-state index contributed by atoms with van der Waals surface area (Å²) in [6.45, 7) is 5.58. The van der Waals surface area contributed by atoms with E-state index >= 15 is 0 Å². The minimum absolute atomic E-state index is 0.187. The second-order valence-corrected chi connectivity index (χ2v) is 9.73. The van der Waals surface area contributed by atoms with Crippen LogP contribution < -0.4 is 11.1 Å². The molecule has 0 aliphatic carbocycles. The van der Waals surface area contributed by atoms with Crippen LogP contribution in [0.4, 0.5) is 10.2 Å². The van der Waals surface area contributed by atoms with Crippen molar-refractivity contribution in [3.63, 3.8) is 0 Å². The SMILES string of the molecule is C/C=C(\S/C(=C/C(N)=O)Nc1cccc(C(=O)N2CCC(O)C2)n1)c1ccc(C(C)(C)O)cc1F. The van der Waals surface area contributed by atoms with Crippen molar-refractivity contribution in [3.8, 4) is 0 Å². The summed E-state index contributed by atoms with van der Waals surface area (Å²) in [7, 11) is 0. The number of allylic oxidation sites excluding steroid dienone is 1. The van der Waals surface area contributed by atoms with E-state index in [1.807, 2.05) is 0 Å². The van der Waals surface area contributed by atoms with Gasteiger partial charge in [0.25, 0.3) is 5.91 Å². The second-order valence-electron chi connectivity index (χ2n) is 8.65. The zero-order valence-electron chi connectivity index (χ0n) is 19.8. The maximum atomic E-state index is 14.9. The number of carbonyl (C=O) groups excluding carboxylic acids is 2. The van der Waals surface area contributed by atoms with E-state index in [0.29, 0.717) is 29.3 Å². The third-order valence-corrected chi connectivity index (χ3v) is 6.48. The molecule has 1 aromatic carbocycles. The summed E-state index contributed by atoms with van der Waals surface area (Å²) in [5.41, 5.74) is 5.09. The number of pyridine rings is 1. The van der Waals surface area contributed by atoms with Crippen molar-refractivity contribution in [2.24, 2.45) is 5.73 Å². The average molecular weight is 501 g/mol. The van der Waals surface area contributed by atoms with Gasteiger partial charge in [0.15, 0.2) is 0 Å². The van der Waals surface area contributed by atoms with E-state index in [9.17, 15) is 24.2 Å². The molecule has 1 aliphatic rings. The molecule has 186 valence electrons. The molecule has 2 heterocycles. The largest absolute Gasteiger partial charge is 0.391 e. The Morgan fingerprint density at radius 3 is 2.63 bits per heavy atom. The number of nitrogens with zero attached hydrogens (tertiary/aromatic N) is 2. The molecule has 0 saturated carbocycles. The van der Waals surface area contributed by atoms with E-state index in [1.165, 1.54) is 11.0 Å². The maximum Gasteiger partial charge on any atom is 0.272 e. The van der Waals surface area contributed by atoms with Crippen LogP contribution in [0.25, 0.3) is 4.91 Å². The third-order valence-electron chi connectivity index (χ3n) is 5.37. The topological polar surface area (TPSA) is 129 Å². The van der Waals surface area contributed by atoms with Crippen LogP contribution >= 0.6 is 11.8 Å². The lowest BCUT2D eigenvalue weighted by atomic mass is 9.97. The first kappa shape index (κ1) is 26.4. The molecule has 0 spiro atoms. The Morgan fingerprint density at radius 2 is 2.06 bits per heavy atom. The molecule has 10 heteroatoms. The first-order valence-electron chi connectivity index (χ1n) is 11.1. The molecule has 2 aromatic rings. The summed E-state index contributed by atoms with van der Waals surface area (Å²) < 4.78 is 14.9. The zero-order chi connectivity index (χ0) is 25.8. The molecule has 1 aromatic heterocycles. The molecule has 8 nitrogen and oxygen atoms in total. The molecule has 0 radical (unpaired) electrons. The highest BCUT2D eigenvalue weighted by Crippen LogP contribution is 2.36. The maximum absolute atomic E-state index is 14.9. The number of halogens is 1. The van der Waals surface area contributed by atoms with E-state index in [-0.39, 0.29) is 28.7 Å². The summed E-state index contributed by atoms with van der Waals surface area (Å²) in [6.07, 6.45) is 2.82. The average Bonchev–Trinajstić information content (AvgIpc) is 3.22. The molecule has 0 bridgehead atoms. The minimum Gasteiger partial charge on any atom is -0.391 e. The van der Waals surface area contributed by atoms with Gasteiger partial charge in [-0.25, -0.2) is 9.37 Å². The number of primary amides is 1. The first-order valence-corrected chi connectivity index (χ1v) is 11.9. The Labute approximate surface area is 207 Å². The number of hydrogen-bond acceptors (Lipinski definition) is 7. The van der Waals surface area contributed by atoms with Gasteiger partial charge in [-0.3, -0.25) is 9.59 Å². The fraction of sp³-hybridized carbons (Fsp3) is 0.320. The monoisotopic (exact) mass is 500 g/mol. The van der Waals surface area contributed by atoms with Gasteiger partial charge in [0.2, 0.25) is 5.91 Å². The standard InChI is InChI=1S/C25H29FN4O4S/c1-4-20(17-9-8-15(12-18(17)26)25(2,3)34)35-23(13-21(27)32)29-22-7-5-6-19(28-22)24(33)30-11-10-16(31)14-30/h4-9,12-13,16,31,34H,10-11,14H2,1-3H3,(H2,27,32)(H,28,29)/b20-4-,23-13+. The molecule has 35 heavy (non-hydrogen) atoms. The Morgan fingerprint density at radius 1 is 1.31 bits per heavy atom. The number of aliphatic hydroxyl groups is 2. The van der Waals surface area contributed by atoms with Crippen molar-refractivity contribution in [3.05, 3.63) is 76.2 Å². The molecule has 2 amide bonds. The Balaban J connectivity index is 1.83. The van der Waals surface area contributed by atoms with Gasteiger partial charge in [-0.05, 0) is 51.0 Å². The number of thioether (sulfide) groups is 1. The van der Waals surface area contributed by atoms with E-state index < -0.39 is 23.4 Å². The smallest absolute Gasteiger partial charge is 0.272 e. The lowest BCUT2D eigenvalue weighted by Gasteiger charge is -2.19. The van der Waals surface area contributed by atoms with Gasteiger partial charge < -0.3 is 26.2 Å². The van der Waals surface area contributed by atoms with Crippen LogP contribution in [-0.4, -0.2) is 51.1 Å². The van der Waals surface area contributed by atoms with E-state index in [4.69, 9.17) is 5.73 Å². The Kier molecular flexibility index (Phi) is 8.31. The van der Waals surface area contributed by atoms with Gasteiger partial charge in [0, 0.05) is 29.6 Å². The number of benzene rings is 1. The van der Waals surface area contributed by atoms with Crippen LogP contribution in [0.3, 0.4) is 0 Å². The van der Waals surface area contributed by atoms with Crippen LogP contribution in [0, 0.1) is 5.82 Å². The quantitative estimate of drug-likeness (QED) is 0.410. The number of hydrogen-bond donors (Lipinski definition) is 4. The van der Waals surface area contributed by atoms with Crippen molar-refractivity contribution >= 4 is 34.3 Å². The highest BCUT2D eigenvalue weighted by atomic mass is 32.2. The normalized spacial score (nSPS) is 17.0. The third kappa shape index (κ3) is 6.91. The number of aromatic nitrogens is 1. The molecule has 5 N–H and O–H groups in total. The Bertz CT molecular complexity index is 1180. The van der Waals surface area contributed by atoms with Gasteiger partial charge >= 0.3 is 0 Å². The number of nitrogens with one attached hydrogen (secondary N) is 1. The fourth-order valence-corrected chi connectivity index (χ4v) is 4.50. The second kappa shape index (κ2) is 11.0. The van der Waals surface area contributed by atoms with Crippen molar-refractivity contribution in [2.45, 2.75) is 38.9 Å². The van der Waals surface area contributed by atoms with Crippen LogP contribution in [0.1, 0.15) is 48.8 Å². The molecule has 1 aliphatic heterocycles. The molecular weight excluding hydrogens is 471 g/mol. The lowest BCUT2D eigenvalue weighted by molar-refractivity contribution is -0.113. The van der Waals surface area contributed by atoms with Gasteiger partial charge in [0.05, 0.1) is 16.7 Å². The molecule has 1 atom stereocenters. The molecule has 1 fully saturated rings. The number of nitrogens with two attached hydrogens (primary N) is 1. The number of rotatable bonds is 8. The molecule has 1 saturated heterocycles. The van der Waals surface area contributed by atoms with Crippen molar-refractivity contribution < 1.29 is 24.2 Å². The van der Waals surface area contributed by atoms with Crippen molar-refractivity contribution in [1.82, 2.24) is 9.88 Å². The lowest BCUT2D eigenvalue weighted by Crippen LogP contribution is -2.30. The number of likely N-dealkylation sites (tertiary alicyclic amines) is 1.